The summed E-state index contributed by atoms with van der Waals surface area (Å²) in [4.78, 5) is 20.0. The molecule has 0 bridgehead atoms. The monoisotopic (exact) mass is 485 g/mol. The first-order chi connectivity index (χ1) is 17.0. The molecule has 3 aromatic rings. The lowest BCUT2D eigenvalue weighted by atomic mass is 9.75. The summed E-state index contributed by atoms with van der Waals surface area (Å²) < 4.78 is 36.2. The van der Waals surface area contributed by atoms with Crippen LogP contribution in [0.1, 0.15) is 73.5 Å². The molecule has 2 saturated heterocycles. The molecule has 1 amide bonds. The fourth-order valence-electron chi connectivity index (χ4n) is 5.67. The van der Waals surface area contributed by atoms with Crippen molar-refractivity contribution in [3.05, 3.63) is 35.9 Å². The first-order valence-corrected chi connectivity index (χ1v) is 12.4. The molecule has 186 valence electrons. The largest absolute Gasteiger partial charge is 0.381 e. The molecule has 0 unspecified atom stereocenters. The molecule has 1 aliphatic carbocycles. The van der Waals surface area contributed by atoms with Gasteiger partial charge in [-0.15, -0.1) is 0 Å². The van der Waals surface area contributed by atoms with Crippen LogP contribution in [0, 0.1) is 5.41 Å². The summed E-state index contributed by atoms with van der Waals surface area (Å²) >= 11 is 0. The van der Waals surface area contributed by atoms with Gasteiger partial charge in [-0.3, -0.25) is 9.48 Å². The van der Waals surface area contributed by atoms with Crippen molar-refractivity contribution in [3.8, 4) is 0 Å². The summed E-state index contributed by atoms with van der Waals surface area (Å²) in [6.07, 6.45) is 9.22. The maximum atomic E-state index is 13.7. The van der Waals surface area contributed by atoms with Crippen molar-refractivity contribution in [2.75, 3.05) is 36.5 Å². The lowest BCUT2D eigenvalue weighted by molar-refractivity contribution is -0.0237. The molecule has 6 rings (SSSR count). The summed E-state index contributed by atoms with van der Waals surface area (Å²) in [5.41, 5.74) is 0.437. The van der Waals surface area contributed by atoms with Crippen molar-refractivity contribution in [2.45, 2.75) is 57.4 Å². The van der Waals surface area contributed by atoms with Crippen molar-refractivity contribution in [1.82, 2.24) is 24.4 Å². The van der Waals surface area contributed by atoms with Crippen LogP contribution in [-0.4, -0.2) is 56.6 Å². The molecule has 1 saturated carbocycles. The van der Waals surface area contributed by atoms with Gasteiger partial charge in [0, 0.05) is 37.5 Å². The van der Waals surface area contributed by atoms with Crippen LogP contribution >= 0.6 is 0 Å². The number of halogens is 2. The number of fused-ring (bicyclic) bond motifs is 1. The van der Waals surface area contributed by atoms with Crippen LogP contribution < -0.4 is 10.2 Å². The van der Waals surface area contributed by atoms with E-state index in [1.165, 1.54) is 16.9 Å². The van der Waals surface area contributed by atoms with Gasteiger partial charge in [0.2, 0.25) is 0 Å². The van der Waals surface area contributed by atoms with E-state index < -0.39 is 18.0 Å². The molecule has 3 fully saturated rings. The van der Waals surface area contributed by atoms with Crippen LogP contribution in [0.5, 0.6) is 0 Å². The zero-order chi connectivity index (χ0) is 24.0. The van der Waals surface area contributed by atoms with Gasteiger partial charge in [-0.2, -0.15) is 10.2 Å². The molecule has 3 aromatic heterocycles. The molecule has 1 N–H and O–H groups in total. The van der Waals surface area contributed by atoms with Gasteiger partial charge in [-0.05, 0) is 31.7 Å². The highest BCUT2D eigenvalue weighted by molar-refractivity contribution is 6.08. The molecule has 0 radical (unpaired) electrons. The molecule has 35 heavy (non-hydrogen) atoms. The van der Waals surface area contributed by atoms with Crippen molar-refractivity contribution in [3.63, 3.8) is 0 Å². The fourth-order valence-corrected chi connectivity index (χ4v) is 5.67. The normalized spacial score (nSPS) is 20.5. The van der Waals surface area contributed by atoms with E-state index in [1.54, 1.807) is 10.9 Å². The van der Waals surface area contributed by atoms with Gasteiger partial charge in [0.05, 0.1) is 24.5 Å². The number of amides is 1. The Balaban J connectivity index is 1.22. The Morgan fingerprint density at radius 2 is 2.03 bits per heavy atom. The van der Waals surface area contributed by atoms with Gasteiger partial charge < -0.3 is 15.0 Å². The van der Waals surface area contributed by atoms with E-state index in [0.717, 1.165) is 77.1 Å². The Labute approximate surface area is 201 Å². The molecular formula is C24H29F2N7O2. The van der Waals surface area contributed by atoms with Crippen LogP contribution in [0.25, 0.3) is 5.65 Å². The quantitative estimate of drug-likeness (QED) is 0.582. The van der Waals surface area contributed by atoms with Crippen molar-refractivity contribution >= 4 is 23.1 Å². The molecule has 9 nitrogen and oxygen atoms in total. The van der Waals surface area contributed by atoms with E-state index >= 15 is 0 Å². The summed E-state index contributed by atoms with van der Waals surface area (Å²) in [7, 11) is 0. The second-order valence-corrected chi connectivity index (χ2v) is 10.1. The van der Waals surface area contributed by atoms with Gasteiger partial charge >= 0.3 is 0 Å². The van der Waals surface area contributed by atoms with Crippen molar-refractivity contribution in [1.29, 1.82) is 0 Å². The van der Waals surface area contributed by atoms with Gasteiger partial charge in [0.1, 0.15) is 11.4 Å². The van der Waals surface area contributed by atoms with Gasteiger partial charge in [-0.1, -0.05) is 19.3 Å². The molecule has 5 heterocycles. The number of aromatic nitrogens is 5. The molecule has 0 aromatic carbocycles. The summed E-state index contributed by atoms with van der Waals surface area (Å²) in [5.74, 6) is 0.233. The van der Waals surface area contributed by atoms with Crippen LogP contribution in [0.15, 0.2) is 24.7 Å². The van der Waals surface area contributed by atoms with E-state index in [0.29, 0.717) is 5.65 Å². The predicted molar refractivity (Wildman–Crippen MR) is 125 cm³/mol. The van der Waals surface area contributed by atoms with Crippen LogP contribution in [-0.2, 0) is 4.74 Å². The van der Waals surface area contributed by atoms with E-state index in [4.69, 9.17) is 4.74 Å². The minimum Gasteiger partial charge on any atom is -0.381 e. The highest BCUT2D eigenvalue weighted by Crippen LogP contribution is 2.40. The van der Waals surface area contributed by atoms with Crippen molar-refractivity contribution < 1.29 is 18.3 Å². The smallest absolute Gasteiger partial charge is 0.284 e. The Hall–Kier alpha value is -3.08. The number of carbonyl (C=O) groups excluding carboxylic acids is 1. The number of hydrogen-bond acceptors (Lipinski definition) is 6. The van der Waals surface area contributed by atoms with Gasteiger partial charge in [0.25, 0.3) is 12.3 Å². The Kier molecular flexibility index (Phi) is 5.66. The van der Waals surface area contributed by atoms with Crippen LogP contribution in [0.4, 0.5) is 20.3 Å². The van der Waals surface area contributed by atoms with E-state index in [9.17, 15) is 13.6 Å². The van der Waals surface area contributed by atoms with E-state index in [-0.39, 0.29) is 22.7 Å². The average Bonchev–Trinajstić information content (AvgIpc) is 3.48. The fraction of sp³-hybridized carbons (Fsp3) is 0.583. The first-order valence-electron chi connectivity index (χ1n) is 12.4. The number of anilines is 2. The molecule has 1 spiro atoms. The first kappa shape index (κ1) is 22.4. The molecular weight excluding hydrogens is 456 g/mol. The Bertz CT molecular complexity index is 1220. The minimum absolute atomic E-state index is 0.0352. The van der Waals surface area contributed by atoms with E-state index in [1.807, 2.05) is 6.07 Å². The van der Waals surface area contributed by atoms with Crippen LogP contribution in [0.2, 0.25) is 0 Å². The molecule has 3 aliphatic rings. The third kappa shape index (κ3) is 4.15. The van der Waals surface area contributed by atoms with Crippen molar-refractivity contribution in [2.24, 2.45) is 5.41 Å². The summed E-state index contributed by atoms with van der Waals surface area (Å²) in [6, 6.07) is 1.96. The Morgan fingerprint density at radius 3 is 2.77 bits per heavy atom. The predicted octanol–water partition coefficient (Wildman–Crippen LogP) is 4.24. The summed E-state index contributed by atoms with van der Waals surface area (Å²) in [5, 5.41) is 11.0. The standard InChI is InChI=1S/C24H29F2N7O2/c25-21(26)20-18(12-33(30-20)16-5-2-1-3-6-16)28-23(34)17-11-27-32-9-7-19(29-22(17)32)31-13-24(14-31)8-4-10-35-15-24/h7,9,11-12,16,21H,1-6,8,10,13-15H2,(H,28,34). The topological polar surface area (TPSA) is 89.6 Å². The number of alkyl halides is 2. The van der Waals surface area contributed by atoms with E-state index in [2.05, 4.69) is 25.4 Å². The average molecular weight is 486 g/mol. The third-order valence-corrected chi connectivity index (χ3v) is 7.54. The minimum atomic E-state index is -2.79. The zero-order valence-corrected chi connectivity index (χ0v) is 19.5. The molecule has 2 aliphatic heterocycles. The number of nitrogens with zero attached hydrogens (tertiary/aromatic N) is 6. The second-order valence-electron chi connectivity index (χ2n) is 10.1. The highest BCUT2D eigenvalue weighted by atomic mass is 19.3. The lowest BCUT2D eigenvalue weighted by Gasteiger charge is -2.52. The number of carbonyl (C=O) groups is 1. The maximum absolute atomic E-state index is 13.7. The zero-order valence-electron chi connectivity index (χ0n) is 19.5. The molecule has 11 heteroatoms. The summed E-state index contributed by atoms with van der Waals surface area (Å²) in [6.45, 7) is 3.33. The van der Waals surface area contributed by atoms with Gasteiger partial charge in [0.15, 0.2) is 11.3 Å². The van der Waals surface area contributed by atoms with Gasteiger partial charge in [-0.25, -0.2) is 18.3 Å². The second kappa shape index (κ2) is 8.85. The number of ether oxygens (including phenoxy) is 1. The SMILES string of the molecule is O=C(Nc1cn(C2CCCCC2)nc1C(F)F)c1cnn2ccc(N3CC4(CCCOC4)C3)nc12. The Morgan fingerprint density at radius 1 is 1.20 bits per heavy atom. The van der Waals surface area contributed by atoms with Crippen LogP contribution in [0.3, 0.4) is 0 Å². The number of nitrogens with one attached hydrogen (secondary N) is 1. The molecule has 0 atom stereocenters. The lowest BCUT2D eigenvalue weighted by Crippen LogP contribution is -2.60. The third-order valence-electron chi connectivity index (χ3n) is 7.54. The maximum Gasteiger partial charge on any atom is 0.284 e. The number of rotatable bonds is 5. The number of hydrogen-bond donors (Lipinski definition) is 1. The highest BCUT2D eigenvalue weighted by Gasteiger charge is 2.45.